The standard InChI is InChI=1S/C22H28O8/c1-25-15-5-11(6-16(26-2)19(15)23)21-13-9-30-22(14(13)10-29-21)12-7-17(27-3)20(24)18(8-12)28-4/h5-8,13-15,19,21-24H,9-10H2,1-4H3. The Bertz CT molecular complexity index is 823. The lowest BCUT2D eigenvalue weighted by Crippen LogP contribution is -2.34. The van der Waals surface area contributed by atoms with Crippen LogP contribution in [0.3, 0.4) is 0 Å². The normalized spacial score (nSPS) is 33.0. The van der Waals surface area contributed by atoms with Gasteiger partial charge in [-0.25, -0.2) is 0 Å². The van der Waals surface area contributed by atoms with Crippen molar-refractivity contribution >= 4 is 0 Å². The van der Waals surface area contributed by atoms with Gasteiger partial charge in [-0.05, 0) is 35.4 Å². The number of ether oxygens (including phenoxy) is 6. The van der Waals surface area contributed by atoms with Gasteiger partial charge >= 0.3 is 0 Å². The molecule has 4 rings (SSSR count). The second-order valence-electron chi connectivity index (χ2n) is 7.67. The van der Waals surface area contributed by atoms with Crippen LogP contribution in [0.15, 0.2) is 35.6 Å². The smallest absolute Gasteiger partial charge is 0.200 e. The van der Waals surface area contributed by atoms with Crippen molar-refractivity contribution in [2.45, 2.75) is 24.4 Å². The van der Waals surface area contributed by atoms with Gasteiger partial charge in [-0.2, -0.15) is 0 Å². The number of aliphatic hydroxyl groups excluding tert-OH is 1. The molecule has 1 aromatic rings. The van der Waals surface area contributed by atoms with E-state index in [1.54, 1.807) is 19.2 Å². The molecule has 1 aliphatic carbocycles. The van der Waals surface area contributed by atoms with Crippen molar-refractivity contribution in [1.82, 2.24) is 0 Å². The van der Waals surface area contributed by atoms with Gasteiger partial charge in [0.05, 0.1) is 46.8 Å². The maximum Gasteiger partial charge on any atom is 0.200 e. The van der Waals surface area contributed by atoms with Gasteiger partial charge < -0.3 is 38.6 Å². The van der Waals surface area contributed by atoms with Crippen molar-refractivity contribution in [3.63, 3.8) is 0 Å². The molecule has 3 aliphatic rings. The van der Waals surface area contributed by atoms with Gasteiger partial charge in [0, 0.05) is 18.9 Å². The van der Waals surface area contributed by atoms with E-state index in [1.807, 2.05) is 12.2 Å². The summed E-state index contributed by atoms with van der Waals surface area (Å²) in [5.74, 6) is 1.36. The Labute approximate surface area is 175 Å². The Morgan fingerprint density at radius 1 is 0.900 bits per heavy atom. The topological polar surface area (TPSA) is 95.8 Å². The molecule has 2 N–H and O–H groups in total. The highest BCUT2D eigenvalue weighted by Crippen LogP contribution is 2.49. The first-order valence-corrected chi connectivity index (χ1v) is 9.88. The zero-order valence-corrected chi connectivity index (χ0v) is 17.5. The van der Waals surface area contributed by atoms with Crippen molar-refractivity contribution < 1.29 is 38.6 Å². The van der Waals surface area contributed by atoms with Crippen LogP contribution in [-0.4, -0.2) is 70.2 Å². The Hall–Kier alpha value is -2.26. The minimum Gasteiger partial charge on any atom is -0.502 e. The maximum absolute atomic E-state index is 10.3. The first-order valence-electron chi connectivity index (χ1n) is 9.88. The number of aromatic hydroxyl groups is 1. The quantitative estimate of drug-likeness (QED) is 0.721. The van der Waals surface area contributed by atoms with E-state index in [1.165, 1.54) is 21.3 Å². The highest BCUT2D eigenvalue weighted by atomic mass is 16.5. The van der Waals surface area contributed by atoms with E-state index in [0.717, 1.165) is 11.1 Å². The molecule has 6 unspecified atom stereocenters. The van der Waals surface area contributed by atoms with E-state index in [2.05, 4.69) is 0 Å². The third kappa shape index (κ3) is 3.43. The van der Waals surface area contributed by atoms with Gasteiger partial charge in [-0.3, -0.25) is 0 Å². The van der Waals surface area contributed by atoms with E-state index < -0.39 is 12.2 Å². The number of benzene rings is 1. The van der Waals surface area contributed by atoms with Crippen molar-refractivity contribution in [3.05, 3.63) is 41.2 Å². The summed E-state index contributed by atoms with van der Waals surface area (Å²) in [6.45, 7) is 1.05. The molecular formula is C22H28O8. The van der Waals surface area contributed by atoms with Crippen LogP contribution >= 0.6 is 0 Å². The average molecular weight is 420 g/mol. The van der Waals surface area contributed by atoms with Crippen LogP contribution in [0, 0.1) is 11.8 Å². The van der Waals surface area contributed by atoms with E-state index in [4.69, 9.17) is 28.4 Å². The number of rotatable bonds is 6. The monoisotopic (exact) mass is 420 g/mol. The van der Waals surface area contributed by atoms with Gasteiger partial charge in [0.1, 0.15) is 18.0 Å². The SMILES string of the molecule is COC1=CC(C2OCC3C(c4cc(OC)c(O)c(OC)c4)OCC23)=CC(OC)C1O. The fourth-order valence-electron chi connectivity index (χ4n) is 4.61. The third-order valence-electron chi connectivity index (χ3n) is 6.20. The van der Waals surface area contributed by atoms with Crippen LogP contribution in [0.25, 0.3) is 0 Å². The lowest BCUT2D eigenvalue weighted by Gasteiger charge is -2.28. The Morgan fingerprint density at radius 2 is 1.50 bits per heavy atom. The van der Waals surface area contributed by atoms with Crippen molar-refractivity contribution in [3.8, 4) is 17.2 Å². The molecule has 0 aromatic heterocycles. The molecule has 0 amide bonds. The predicted molar refractivity (Wildman–Crippen MR) is 107 cm³/mol. The average Bonchev–Trinajstić information content (AvgIpc) is 3.36. The predicted octanol–water partition coefficient (Wildman–Crippen LogP) is 1.96. The highest BCUT2D eigenvalue weighted by molar-refractivity contribution is 5.53. The Balaban J connectivity index is 1.59. The molecule has 2 aliphatic heterocycles. The summed E-state index contributed by atoms with van der Waals surface area (Å²) in [4.78, 5) is 0. The first kappa shape index (κ1) is 21.0. The fourth-order valence-corrected chi connectivity index (χ4v) is 4.61. The van der Waals surface area contributed by atoms with Crippen LogP contribution in [0.2, 0.25) is 0 Å². The fraction of sp³-hybridized carbons (Fsp3) is 0.545. The molecule has 2 heterocycles. The van der Waals surface area contributed by atoms with Crippen LogP contribution in [-0.2, 0) is 18.9 Å². The van der Waals surface area contributed by atoms with Crippen molar-refractivity contribution in [1.29, 1.82) is 0 Å². The van der Waals surface area contributed by atoms with E-state index in [9.17, 15) is 10.2 Å². The van der Waals surface area contributed by atoms with Gasteiger partial charge in [0.25, 0.3) is 0 Å². The van der Waals surface area contributed by atoms with Gasteiger partial charge in [0.15, 0.2) is 11.5 Å². The second-order valence-corrected chi connectivity index (χ2v) is 7.67. The highest BCUT2D eigenvalue weighted by Gasteiger charge is 2.49. The lowest BCUT2D eigenvalue weighted by molar-refractivity contribution is 0.00237. The molecule has 0 spiro atoms. The number of methoxy groups -OCH3 is 4. The van der Waals surface area contributed by atoms with Gasteiger partial charge in [-0.15, -0.1) is 0 Å². The summed E-state index contributed by atoms with van der Waals surface area (Å²) in [6.07, 6.45) is 1.99. The van der Waals surface area contributed by atoms with Crippen LogP contribution < -0.4 is 9.47 Å². The van der Waals surface area contributed by atoms with E-state index >= 15 is 0 Å². The van der Waals surface area contributed by atoms with Gasteiger partial charge in [-0.1, -0.05) is 0 Å². The summed E-state index contributed by atoms with van der Waals surface area (Å²) in [5, 5.41) is 20.5. The molecule has 2 fully saturated rings. The molecular weight excluding hydrogens is 392 g/mol. The molecule has 6 atom stereocenters. The number of aliphatic hydroxyl groups is 1. The number of fused-ring (bicyclic) bond motifs is 1. The summed E-state index contributed by atoms with van der Waals surface area (Å²) >= 11 is 0. The first-order chi connectivity index (χ1) is 14.5. The molecule has 0 radical (unpaired) electrons. The molecule has 1 aromatic carbocycles. The summed E-state index contributed by atoms with van der Waals surface area (Å²) in [7, 11) is 6.09. The number of phenolic OH excluding ortho intramolecular Hbond substituents is 1. The van der Waals surface area contributed by atoms with Crippen LogP contribution in [0.5, 0.6) is 17.2 Å². The number of hydrogen-bond acceptors (Lipinski definition) is 8. The van der Waals surface area contributed by atoms with E-state index in [-0.39, 0.29) is 29.8 Å². The largest absolute Gasteiger partial charge is 0.502 e. The minimum atomic E-state index is -0.842. The summed E-state index contributed by atoms with van der Waals surface area (Å²) in [5.41, 5.74) is 1.79. The number of hydrogen-bond donors (Lipinski definition) is 2. The molecule has 8 heteroatoms. The zero-order valence-electron chi connectivity index (χ0n) is 17.5. The minimum absolute atomic E-state index is 0.0346. The Kier molecular flexibility index (Phi) is 5.92. The van der Waals surface area contributed by atoms with E-state index in [0.29, 0.717) is 30.5 Å². The van der Waals surface area contributed by atoms with Gasteiger partial charge in [0.2, 0.25) is 5.75 Å². The van der Waals surface area contributed by atoms with Crippen LogP contribution in [0.4, 0.5) is 0 Å². The Morgan fingerprint density at radius 3 is 2.07 bits per heavy atom. The maximum atomic E-state index is 10.3. The molecule has 2 saturated heterocycles. The lowest BCUT2D eigenvalue weighted by atomic mass is 9.83. The summed E-state index contributed by atoms with van der Waals surface area (Å²) < 4.78 is 33.7. The number of phenols is 1. The zero-order chi connectivity index (χ0) is 21.4. The van der Waals surface area contributed by atoms with Crippen molar-refractivity contribution in [2.24, 2.45) is 11.8 Å². The van der Waals surface area contributed by atoms with Crippen molar-refractivity contribution in [2.75, 3.05) is 41.7 Å². The third-order valence-corrected chi connectivity index (χ3v) is 6.20. The summed E-state index contributed by atoms with van der Waals surface area (Å²) in [6, 6.07) is 3.55. The molecule has 164 valence electrons. The second kappa shape index (κ2) is 8.47. The molecule has 8 nitrogen and oxygen atoms in total. The van der Waals surface area contributed by atoms with Crippen LogP contribution in [0.1, 0.15) is 11.7 Å². The molecule has 0 saturated carbocycles. The molecule has 0 bridgehead atoms. The molecule has 30 heavy (non-hydrogen) atoms.